The zero-order valence-corrected chi connectivity index (χ0v) is 12.1. The molecule has 2 rings (SSSR count). The van der Waals surface area contributed by atoms with Gasteiger partial charge in [0, 0.05) is 17.7 Å². The highest BCUT2D eigenvalue weighted by Crippen LogP contribution is 2.13. The van der Waals surface area contributed by atoms with Crippen LogP contribution in [-0.2, 0) is 6.54 Å². The van der Waals surface area contributed by atoms with Crippen molar-refractivity contribution in [3.8, 4) is 11.8 Å². The summed E-state index contributed by atoms with van der Waals surface area (Å²) in [4.78, 5) is 16.4. The molecule has 0 atom stereocenters. The maximum atomic E-state index is 13.7. The number of aromatic nitrogens is 1. The summed E-state index contributed by atoms with van der Waals surface area (Å²) in [6.45, 7) is 1.62. The van der Waals surface area contributed by atoms with E-state index in [1.807, 2.05) is 6.92 Å². The number of hydrogen-bond acceptors (Lipinski definition) is 4. The van der Waals surface area contributed by atoms with Crippen LogP contribution in [0.25, 0.3) is 0 Å². The number of hydrogen-bond donors (Lipinski definition) is 2. The highest BCUT2D eigenvalue weighted by Gasteiger charge is 2.10. The van der Waals surface area contributed by atoms with E-state index in [-0.39, 0.29) is 19.1 Å². The number of nitrogens with one attached hydrogen (secondary N) is 1. The summed E-state index contributed by atoms with van der Waals surface area (Å²) >= 11 is 1.28. The van der Waals surface area contributed by atoms with E-state index in [1.165, 1.54) is 29.7 Å². The summed E-state index contributed by atoms with van der Waals surface area (Å²) in [6, 6.07) is 4.37. The summed E-state index contributed by atoms with van der Waals surface area (Å²) in [5.41, 5.74) is 0.928. The van der Waals surface area contributed by atoms with Crippen molar-refractivity contribution in [3.63, 3.8) is 0 Å². The Balaban J connectivity index is 2.07. The van der Waals surface area contributed by atoms with Crippen LogP contribution in [0.4, 0.5) is 4.39 Å². The van der Waals surface area contributed by atoms with Gasteiger partial charge in [0.1, 0.15) is 17.3 Å². The van der Waals surface area contributed by atoms with Crippen molar-refractivity contribution in [3.05, 3.63) is 51.2 Å². The second kappa shape index (κ2) is 6.97. The van der Waals surface area contributed by atoms with Gasteiger partial charge in [-0.05, 0) is 25.1 Å². The van der Waals surface area contributed by atoms with Crippen molar-refractivity contribution in [2.75, 3.05) is 6.61 Å². The average molecular weight is 304 g/mol. The van der Waals surface area contributed by atoms with Crippen molar-refractivity contribution in [2.24, 2.45) is 0 Å². The fourth-order valence-corrected chi connectivity index (χ4v) is 2.35. The molecule has 108 valence electrons. The maximum Gasteiger partial charge on any atom is 0.263 e. The van der Waals surface area contributed by atoms with Crippen LogP contribution in [0.2, 0.25) is 0 Å². The summed E-state index contributed by atoms with van der Waals surface area (Å²) < 4.78 is 13.7. The molecule has 6 heteroatoms. The van der Waals surface area contributed by atoms with E-state index in [2.05, 4.69) is 22.1 Å². The third-order valence-corrected chi connectivity index (χ3v) is 3.55. The van der Waals surface area contributed by atoms with Crippen LogP contribution in [0.3, 0.4) is 0 Å². The second-order valence-corrected chi connectivity index (χ2v) is 5.43. The van der Waals surface area contributed by atoms with Gasteiger partial charge in [-0.15, -0.1) is 11.3 Å². The largest absolute Gasteiger partial charge is 0.384 e. The lowest BCUT2D eigenvalue weighted by molar-refractivity contribution is 0.0954. The standard InChI is InChI=1S/C15H13FN2O2S/c1-10-17-9-14(21-10)15(20)18-8-12-7-11(3-2-6-19)4-5-13(12)16/h4-5,7,9,19H,6,8H2,1H3,(H,18,20). The van der Waals surface area contributed by atoms with Gasteiger partial charge in [0.25, 0.3) is 5.91 Å². The molecule has 4 nitrogen and oxygen atoms in total. The number of benzene rings is 1. The quantitative estimate of drug-likeness (QED) is 0.851. The lowest BCUT2D eigenvalue weighted by Gasteiger charge is -2.05. The first-order valence-electron chi connectivity index (χ1n) is 6.19. The fraction of sp³-hybridized carbons (Fsp3) is 0.200. The third kappa shape index (κ3) is 4.12. The lowest BCUT2D eigenvalue weighted by atomic mass is 10.1. The Hall–Kier alpha value is -2.23. The number of rotatable bonds is 3. The first kappa shape index (κ1) is 15.2. The van der Waals surface area contributed by atoms with Crippen molar-refractivity contribution >= 4 is 17.2 Å². The zero-order chi connectivity index (χ0) is 15.2. The normalized spacial score (nSPS) is 9.86. The molecule has 1 amide bonds. The van der Waals surface area contributed by atoms with Gasteiger partial charge in [0.05, 0.1) is 11.2 Å². The van der Waals surface area contributed by atoms with Gasteiger partial charge in [-0.2, -0.15) is 0 Å². The number of aliphatic hydroxyl groups is 1. The molecule has 0 aliphatic carbocycles. The molecule has 2 N–H and O–H groups in total. The highest BCUT2D eigenvalue weighted by molar-refractivity contribution is 7.13. The van der Waals surface area contributed by atoms with Crippen LogP contribution in [-0.4, -0.2) is 22.6 Å². The van der Waals surface area contributed by atoms with Gasteiger partial charge in [-0.25, -0.2) is 9.37 Å². The van der Waals surface area contributed by atoms with E-state index in [4.69, 9.17) is 5.11 Å². The summed E-state index contributed by atoms with van der Waals surface area (Å²) in [5, 5.41) is 12.1. The average Bonchev–Trinajstić information content (AvgIpc) is 2.91. The smallest absolute Gasteiger partial charge is 0.263 e. The van der Waals surface area contributed by atoms with E-state index >= 15 is 0 Å². The van der Waals surface area contributed by atoms with Crippen molar-refractivity contribution < 1.29 is 14.3 Å². The Morgan fingerprint density at radius 3 is 3.00 bits per heavy atom. The Kier molecular flexibility index (Phi) is 5.04. The van der Waals surface area contributed by atoms with Crippen LogP contribution in [0.15, 0.2) is 24.4 Å². The summed E-state index contributed by atoms with van der Waals surface area (Å²) in [7, 11) is 0. The van der Waals surface area contributed by atoms with E-state index in [9.17, 15) is 9.18 Å². The Morgan fingerprint density at radius 2 is 2.33 bits per heavy atom. The number of nitrogens with zero attached hydrogens (tertiary/aromatic N) is 1. The van der Waals surface area contributed by atoms with Crippen molar-refractivity contribution in [1.82, 2.24) is 10.3 Å². The molecule has 2 aromatic rings. The predicted octanol–water partition coefficient (Wildman–Crippen LogP) is 1.86. The van der Waals surface area contributed by atoms with E-state index in [1.54, 1.807) is 6.07 Å². The summed E-state index contributed by atoms with van der Waals surface area (Å²) in [6.07, 6.45) is 1.49. The summed E-state index contributed by atoms with van der Waals surface area (Å²) in [5.74, 6) is 4.49. The zero-order valence-electron chi connectivity index (χ0n) is 11.3. The van der Waals surface area contributed by atoms with Gasteiger partial charge in [-0.1, -0.05) is 11.8 Å². The molecule has 1 aromatic heterocycles. The number of halogens is 1. The molecule has 1 heterocycles. The Bertz CT molecular complexity index is 716. The molecule has 0 saturated heterocycles. The predicted molar refractivity (Wildman–Crippen MR) is 78.4 cm³/mol. The molecular formula is C15H13FN2O2S. The topological polar surface area (TPSA) is 62.2 Å². The van der Waals surface area contributed by atoms with Crippen LogP contribution in [0.1, 0.15) is 25.8 Å². The van der Waals surface area contributed by atoms with Crippen LogP contribution in [0.5, 0.6) is 0 Å². The molecule has 21 heavy (non-hydrogen) atoms. The Labute approximate surface area is 125 Å². The SMILES string of the molecule is Cc1ncc(C(=O)NCc2cc(C#CCO)ccc2F)s1. The molecule has 0 unspecified atom stereocenters. The van der Waals surface area contributed by atoms with E-state index in [0.717, 1.165) is 5.01 Å². The second-order valence-electron chi connectivity index (χ2n) is 4.19. The van der Waals surface area contributed by atoms with Gasteiger partial charge in [0.15, 0.2) is 0 Å². The fourth-order valence-electron chi connectivity index (χ4n) is 1.66. The number of carbonyl (C=O) groups is 1. The van der Waals surface area contributed by atoms with Gasteiger partial charge in [-0.3, -0.25) is 4.79 Å². The Morgan fingerprint density at radius 1 is 1.52 bits per heavy atom. The molecule has 0 spiro atoms. The van der Waals surface area contributed by atoms with Gasteiger partial charge in [0.2, 0.25) is 0 Å². The van der Waals surface area contributed by atoms with Crippen LogP contribution in [0, 0.1) is 24.6 Å². The molecule has 0 saturated carbocycles. The number of amides is 1. The van der Waals surface area contributed by atoms with Gasteiger partial charge >= 0.3 is 0 Å². The molecule has 0 fully saturated rings. The number of aliphatic hydroxyl groups excluding tert-OH is 1. The highest BCUT2D eigenvalue weighted by atomic mass is 32.1. The molecule has 1 aromatic carbocycles. The molecule has 0 aliphatic rings. The molecule has 0 aliphatic heterocycles. The first-order chi connectivity index (χ1) is 10.1. The number of thiazole rings is 1. The monoisotopic (exact) mass is 304 g/mol. The van der Waals surface area contributed by atoms with Gasteiger partial charge < -0.3 is 10.4 Å². The van der Waals surface area contributed by atoms with Crippen molar-refractivity contribution in [1.29, 1.82) is 0 Å². The molecular weight excluding hydrogens is 291 g/mol. The third-order valence-electron chi connectivity index (χ3n) is 2.64. The van der Waals surface area contributed by atoms with E-state index in [0.29, 0.717) is 16.0 Å². The van der Waals surface area contributed by atoms with Crippen LogP contribution >= 0.6 is 11.3 Å². The molecule has 0 bridgehead atoms. The van der Waals surface area contributed by atoms with Crippen molar-refractivity contribution in [2.45, 2.75) is 13.5 Å². The van der Waals surface area contributed by atoms with Crippen LogP contribution < -0.4 is 5.32 Å². The molecule has 0 radical (unpaired) electrons. The number of aryl methyl sites for hydroxylation is 1. The lowest BCUT2D eigenvalue weighted by Crippen LogP contribution is -2.22. The minimum Gasteiger partial charge on any atom is -0.384 e. The maximum absolute atomic E-state index is 13.7. The first-order valence-corrected chi connectivity index (χ1v) is 7.00. The number of carbonyl (C=O) groups excluding carboxylic acids is 1. The minimum absolute atomic E-state index is 0.0657. The van der Waals surface area contributed by atoms with E-state index < -0.39 is 5.82 Å². The minimum atomic E-state index is -0.412.